The zero-order chi connectivity index (χ0) is 19.7. The van der Waals surface area contributed by atoms with Gasteiger partial charge in [0.15, 0.2) is 5.65 Å². The number of hydrogen-bond donors (Lipinski definition) is 0. The van der Waals surface area contributed by atoms with E-state index < -0.39 is 0 Å². The molecular formula is C20H21N5O3. The molecule has 3 aromatic heterocycles. The first-order valence-electron chi connectivity index (χ1n) is 8.97. The lowest BCUT2D eigenvalue weighted by Crippen LogP contribution is -2.33. The highest BCUT2D eigenvalue weighted by atomic mass is 16.5. The van der Waals surface area contributed by atoms with Gasteiger partial charge in [-0.25, -0.2) is 0 Å². The van der Waals surface area contributed by atoms with Gasteiger partial charge in [0.1, 0.15) is 12.4 Å². The summed E-state index contributed by atoms with van der Waals surface area (Å²) in [5.41, 5.74) is 4.72. The molecule has 0 N–H and O–H groups in total. The van der Waals surface area contributed by atoms with Gasteiger partial charge in [-0.15, -0.1) is 5.10 Å². The molecule has 0 spiro atoms. The van der Waals surface area contributed by atoms with Gasteiger partial charge >= 0.3 is 0 Å². The highest BCUT2D eigenvalue weighted by molar-refractivity contribution is 5.86. The lowest BCUT2D eigenvalue weighted by atomic mass is 10.0. The van der Waals surface area contributed by atoms with Crippen LogP contribution in [0.5, 0.6) is 0 Å². The minimum atomic E-state index is -0.134. The Morgan fingerprint density at radius 2 is 2.11 bits per heavy atom. The number of aryl methyl sites for hydroxylation is 2. The van der Waals surface area contributed by atoms with Crippen molar-refractivity contribution in [3.63, 3.8) is 0 Å². The third-order valence-corrected chi connectivity index (χ3v) is 4.68. The van der Waals surface area contributed by atoms with E-state index in [1.54, 1.807) is 21.7 Å². The Kier molecular flexibility index (Phi) is 4.79. The van der Waals surface area contributed by atoms with Crippen molar-refractivity contribution in [2.24, 2.45) is 0 Å². The minimum Gasteiger partial charge on any atom is -0.467 e. The number of pyridine rings is 1. The van der Waals surface area contributed by atoms with Crippen LogP contribution in [-0.4, -0.2) is 44.6 Å². The van der Waals surface area contributed by atoms with E-state index in [4.69, 9.17) is 9.15 Å². The zero-order valence-corrected chi connectivity index (χ0v) is 16.0. The highest BCUT2D eigenvalue weighted by Gasteiger charge is 2.19. The lowest BCUT2D eigenvalue weighted by Gasteiger charge is -2.22. The minimum absolute atomic E-state index is 0.00622. The van der Waals surface area contributed by atoms with Crippen molar-refractivity contribution in [3.8, 4) is 0 Å². The summed E-state index contributed by atoms with van der Waals surface area (Å²) < 4.78 is 12.2. The Morgan fingerprint density at radius 1 is 1.25 bits per heavy atom. The molecule has 28 heavy (non-hydrogen) atoms. The van der Waals surface area contributed by atoms with Gasteiger partial charge in [0.05, 0.1) is 24.9 Å². The predicted octanol–water partition coefficient (Wildman–Crippen LogP) is 2.66. The van der Waals surface area contributed by atoms with Crippen LogP contribution in [0.2, 0.25) is 0 Å². The maximum atomic E-state index is 12.6. The Labute approximate surface area is 161 Å². The van der Waals surface area contributed by atoms with Gasteiger partial charge in [-0.2, -0.15) is 4.52 Å². The molecule has 0 aliphatic rings. The molecule has 1 amide bonds. The Bertz CT molecular complexity index is 1130. The molecule has 0 saturated heterocycles. The first-order valence-corrected chi connectivity index (χ1v) is 8.97. The van der Waals surface area contributed by atoms with E-state index in [1.165, 1.54) is 7.11 Å². The monoisotopic (exact) mass is 379 g/mol. The molecule has 1 aromatic carbocycles. The molecule has 8 heteroatoms. The number of furan rings is 1. The maximum Gasteiger partial charge on any atom is 0.249 e. The van der Waals surface area contributed by atoms with Crippen molar-refractivity contribution in [1.82, 2.24) is 24.9 Å². The summed E-state index contributed by atoms with van der Waals surface area (Å²) in [6.45, 7) is 4.78. The number of hydrogen-bond acceptors (Lipinski definition) is 6. The molecule has 0 fully saturated rings. The van der Waals surface area contributed by atoms with Gasteiger partial charge < -0.3 is 14.1 Å². The van der Waals surface area contributed by atoms with Crippen molar-refractivity contribution in [2.75, 3.05) is 13.7 Å². The topological polar surface area (TPSA) is 85.8 Å². The fraction of sp³-hybridized carbons (Fsp3) is 0.300. The van der Waals surface area contributed by atoms with Crippen LogP contribution in [0.4, 0.5) is 0 Å². The third-order valence-electron chi connectivity index (χ3n) is 4.68. The summed E-state index contributed by atoms with van der Waals surface area (Å²) in [5, 5.41) is 13.3. The van der Waals surface area contributed by atoms with Gasteiger partial charge in [-0.1, -0.05) is 11.6 Å². The molecule has 144 valence electrons. The molecule has 0 bridgehead atoms. The van der Waals surface area contributed by atoms with Crippen molar-refractivity contribution < 1.29 is 13.9 Å². The van der Waals surface area contributed by atoms with Crippen LogP contribution in [-0.2, 0) is 22.6 Å². The molecule has 0 unspecified atom stereocenters. The van der Waals surface area contributed by atoms with E-state index in [2.05, 4.69) is 40.6 Å². The summed E-state index contributed by atoms with van der Waals surface area (Å²) in [4.78, 5) is 14.3. The number of ether oxygens (including phenoxy) is 1. The highest BCUT2D eigenvalue weighted by Crippen LogP contribution is 2.25. The van der Waals surface area contributed by atoms with Crippen molar-refractivity contribution in [2.45, 2.75) is 26.9 Å². The predicted molar refractivity (Wildman–Crippen MR) is 103 cm³/mol. The van der Waals surface area contributed by atoms with Gasteiger partial charge in [-0.05, 0) is 54.1 Å². The zero-order valence-electron chi connectivity index (χ0n) is 16.0. The number of methoxy groups -OCH3 is 1. The van der Waals surface area contributed by atoms with E-state index >= 15 is 0 Å². The van der Waals surface area contributed by atoms with Crippen LogP contribution in [0, 0.1) is 13.8 Å². The molecule has 0 atom stereocenters. The number of rotatable bonds is 6. The van der Waals surface area contributed by atoms with Crippen molar-refractivity contribution in [3.05, 3.63) is 59.0 Å². The number of fused-ring (bicyclic) bond motifs is 3. The van der Waals surface area contributed by atoms with Gasteiger partial charge in [0, 0.05) is 18.1 Å². The van der Waals surface area contributed by atoms with Gasteiger partial charge in [-0.3, -0.25) is 4.79 Å². The molecule has 4 aromatic rings. The van der Waals surface area contributed by atoms with Gasteiger partial charge in [0.2, 0.25) is 5.91 Å². The van der Waals surface area contributed by atoms with Crippen LogP contribution in [0.15, 0.2) is 41.0 Å². The number of nitrogens with zero attached hydrogens (tertiary/aromatic N) is 5. The molecule has 4 rings (SSSR count). The smallest absolute Gasteiger partial charge is 0.249 e. The Morgan fingerprint density at radius 3 is 2.86 bits per heavy atom. The van der Waals surface area contributed by atoms with E-state index in [-0.39, 0.29) is 12.5 Å². The Balaban J connectivity index is 1.79. The summed E-state index contributed by atoms with van der Waals surface area (Å²) in [5.74, 6) is 0.567. The fourth-order valence-corrected chi connectivity index (χ4v) is 3.54. The number of benzene rings is 1. The van der Waals surface area contributed by atoms with Gasteiger partial charge in [0.25, 0.3) is 0 Å². The quantitative estimate of drug-likeness (QED) is 0.512. The van der Waals surface area contributed by atoms with Crippen LogP contribution in [0.25, 0.3) is 16.6 Å². The van der Waals surface area contributed by atoms with Crippen molar-refractivity contribution in [1.29, 1.82) is 0 Å². The Hall–Kier alpha value is -3.26. The summed E-state index contributed by atoms with van der Waals surface area (Å²) in [6.07, 6.45) is 1.59. The second-order valence-corrected chi connectivity index (χ2v) is 6.87. The summed E-state index contributed by atoms with van der Waals surface area (Å²) in [6, 6.07) is 9.90. The first-order chi connectivity index (χ1) is 13.6. The molecule has 3 heterocycles. The van der Waals surface area contributed by atoms with Crippen LogP contribution < -0.4 is 0 Å². The number of tetrazole rings is 1. The normalized spacial score (nSPS) is 11.4. The average Bonchev–Trinajstić information content (AvgIpc) is 3.32. The SMILES string of the molecule is COCC(=O)N(Cc1ccco1)Cc1cc2cc(C)cc(C)c2n2nnnc12. The van der Waals surface area contributed by atoms with Crippen LogP contribution in [0.1, 0.15) is 22.5 Å². The number of carbonyl (C=O) groups is 1. The van der Waals surface area contributed by atoms with E-state index in [0.717, 1.165) is 27.6 Å². The van der Waals surface area contributed by atoms with E-state index in [1.807, 2.05) is 13.0 Å². The molecule has 8 nitrogen and oxygen atoms in total. The molecule has 0 aliphatic carbocycles. The average molecular weight is 379 g/mol. The summed E-state index contributed by atoms with van der Waals surface area (Å²) in [7, 11) is 1.51. The molecular weight excluding hydrogens is 358 g/mol. The second kappa shape index (κ2) is 7.40. The largest absolute Gasteiger partial charge is 0.467 e. The molecule has 0 saturated carbocycles. The number of carbonyl (C=O) groups excluding carboxylic acids is 1. The standard InChI is InChI=1S/C20H21N5O3/c1-13-7-14(2)19-15(8-13)9-16(20-21-22-23-25(19)20)10-24(18(26)12-27-3)11-17-5-4-6-28-17/h4-9H,10-12H2,1-3H3. The number of aromatic nitrogens is 4. The molecule has 0 aliphatic heterocycles. The first kappa shape index (κ1) is 18.1. The lowest BCUT2D eigenvalue weighted by molar-refractivity contribution is -0.136. The van der Waals surface area contributed by atoms with E-state index in [0.29, 0.717) is 24.5 Å². The maximum absolute atomic E-state index is 12.6. The fourth-order valence-electron chi connectivity index (χ4n) is 3.54. The second-order valence-electron chi connectivity index (χ2n) is 6.87. The van der Waals surface area contributed by atoms with Crippen LogP contribution >= 0.6 is 0 Å². The number of amides is 1. The van der Waals surface area contributed by atoms with Crippen molar-refractivity contribution >= 4 is 22.5 Å². The van der Waals surface area contributed by atoms with E-state index in [9.17, 15) is 4.79 Å². The summed E-state index contributed by atoms with van der Waals surface area (Å²) >= 11 is 0. The van der Waals surface area contributed by atoms with Crippen LogP contribution in [0.3, 0.4) is 0 Å². The third kappa shape index (κ3) is 3.34. The molecule has 0 radical (unpaired) electrons.